The van der Waals surface area contributed by atoms with E-state index in [-0.39, 0.29) is 51.0 Å². The molecule has 0 aromatic heterocycles. The second kappa shape index (κ2) is 36.4. The van der Waals surface area contributed by atoms with E-state index in [0.717, 1.165) is 89.5 Å². The number of alkyl halides is 3. The zero-order valence-electron chi connectivity index (χ0n) is 61.1. The van der Waals surface area contributed by atoms with Crippen LogP contribution in [0.5, 0.6) is 0 Å². The van der Waals surface area contributed by atoms with Crippen LogP contribution in [-0.4, -0.2) is 265 Å². The Labute approximate surface area is 598 Å². The molecule has 29 heteroatoms. The fourth-order valence-corrected chi connectivity index (χ4v) is 16.1. The molecule has 25 nitrogen and oxygen atoms in total. The first-order chi connectivity index (χ1) is 47.7. The molecule has 6 aliphatic rings. The van der Waals surface area contributed by atoms with Gasteiger partial charge in [0.15, 0.2) is 0 Å². The number of benzene rings is 1. The number of hydrogen-bond acceptors (Lipinski definition) is 13. The van der Waals surface area contributed by atoms with E-state index in [2.05, 4.69) is 16.0 Å². The van der Waals surface area contributed by atoms with Crippen molar-refractivity contribution in [1.82, 2.24) is 60.0 Å². The van der Waals surface area contributed by atoms with E-state index in [1.165, 1.54) is 82.1 Å². The molecule has 3 aliphatic carbocycles. The van der Waals surface area contributed by atoms with Crippen LogP contribution in [0.4, 0.5) is 13.2 Å². The summed E-state index contributed by atoms with van der Waals surface area (Å²) in [6, 6.07) is -5.90. The van der Waals surface area contributed by atoms with Gasteiger partial charge in [-0.1, -0.05) is 102 Å². The third kappa shape index (κ3) is 20.2. The van der Waals surface area contributed by atoms with E-state index in [9.17, 15) is 41.9 Å². The van der Waals surface area contributed by atoms with Gasteiger partial charge < -0.3 is 64.8 Å². The lowest BCUT2D eigenvalue weighted by molar-refractivity contribution is -0.157. The van der Waals surface area contributed by atoms with E-state index in [1.54, 1.807) is 18.7 Å². The minimum Gasteiger partial charge on any atom is -0.379 e. The summed E-state index contributed by atoms with van der Waals surface area (Å²) in [5.74, 6) is -8.95. The van der Waals surface area contributed by atoms with E-state index in [0.29, 0.717) is 70.0 Å². The first-order valence-electron chi connectivity index (χ1n) is 36.4. The van der Waals surface area contributed by atoms with Crippen molar-refractivity contribution in [3.8, 4) is 0 Å². The van der Waals surface area contributed by atoms with Crippen molar-refractivity contribution in [2.75, 3.05) is 95.7 Å². The van der Waals surface area contributed by atoms with Gasteiger partial charge in [0.05, 0.1) is 42.7 Å². The number of rotatable bonds is 11. The largest absolute Gasteiger partial charge is 0.417 e. The molecule has 3 saturated heterocycles. The molecule has 1 aromatic carbocycles. The normalized spacial score (nSPS) is 27.1. The van der Waals surface area contributed by atoms with E-state index in [1.807, 2.05) is 6.92 Å². The highest BCUT2D eigenvalue weighted by Crippen LogP contribution is 2.39. The van der Waals surface area contributed by atoms with E-state index >= 15 is 28.8 Å². The second-order valence-corrected chi connectivity index (χ2v) is 29.8. The highest BCUT2D eigenvalue weighted by molar-refractivity contribution is 6.31. The van der Waals surface area contributed by atoms with Crippen LogP contribution in [0.1, 0.15) is 180 Å². The van der Waals surface area contributed by atoms with Crippen molar-refractivity contribution >= 4 is 82.5 Å². The van der Waals surface area contributed by atoms with Gasteiger partial charge in [-0.3, -0.25) is 57.5 Å². The van der Waals surface area contributed by atoms with Gasteiger partial charge in [0.2, 0.25) is 70.9 Å². The summed E-state index contributed by atoms with van der Waals surface area (Å²) in [6.45, 7) is 4.14. The zero-order chi connectivity index (χ0) is 74.4. The fourth-order valence-electron chi connectivity index (χ4n) is 15.8. The van der Waals surface area contributed by atoms with Gasteiger partial charge in [0, 0.05) is 76.1 Å². The lowest BCUT2D eigenvalue weighted by atomic mass is 9.81. The van der Waals surface area contributed by atoms with Crippen molar-refractivity contribution in [3.05, 3.63) is 34.3 Å². The number of ether oxygens (including phenoxy) is 1. The van der Waals surface area contributed by atoms with Crippen LogP contribution in [0.3, 0.4) is 0 Å². The van der Waals surface area contributed by atoms with Crippen LogP contribution < -0.4 is 16.0 Å². The predicted molar refractivity (Wildman–Crippen MR) is 371 cm³/mol. The lowest BCUT2D eigenvalue weighted by Crippen LogP contribution is -2.65. The number of likely N-dealkylation sites (N-methyl/N-ethyl adjacent to an activating group) is 7. The number of fused-ring (bicyclic) bond motifs is 1. The summed E-state index contributed by atoms with van der Waals surface area (Å²) in [5.41, 5.74) is -2.35. The maximum absolute atomic E-state index is 15.8. The lowest BCUT2D eigenvalue weighted by Gasteiger charge is -2.43. The molecule has 0 radical (unpaired) electrons. The number of hydrogen-bond donors (Lipinski definition) is 3. The summed E-state index contributed by atoms with van der Waals surface area (Å²) >= 11 is 6.16. The van der Waals surface area contributed by atoms with Gasteiger partial charge in [-0.2, -0.15) is 13.2 Å². The van der Waals surface area contributed by atoms with Crippen LogP contribution >= 0.6 is 11.6 Å². The average Bonchev–Trinajstić information content (AvgIpc) is 1.74. The number of likely N-dealkylation sites (tertiary alicyclic amines) is 1. The summed E-state index contributed by atoms with van der Waals surface area (Å²) in [5, 5.41) is 8.11. The molecule has 1 aromatic rings. The SMILES string of the molecule is CC[C@H](C)[C@@H]1NC(=O)[C@H]([C@@H](C)OC)N(C)C(=O)C[C@@H](C(=O)N2CCCCC2)N(C)C(=O)[C@H](C2CCCCC2)N(C)C(=O)C2(CCCC2)NC(=O)C2CCCN2C(=O)[C@H](CCc2ccc(C(F)(F)F)c(Cl)c2)NC(=O)CN(C)C(=O)[C@H](CC2CCCCC2)N(C)C(=O)CN(C)C(=O)CN(C)C1=O. The molecule has 9 atom stereocenters. The number of nitrogens with zero attached hydrogens (tertiary/aromatic N) is 9. The van der Waals surface area contributed by atoms with Crippen molar-refractivity contribution in [3.63, 3.8) is 0 Å². The van der Waals surface area contributed by atoms with Gasteiger partial charge in [0.25, 0.3) is 0 Å². The van der Waals surface area contributed by atoms with Crippen molar-refractivity contribution in [2.24, 2.45) is 17.8 Å². The molecule has 6 fully saturated rings. The van der Waals surface area contributed by atoms with E-state index < -0.39 is 179 Å². The summed E-state index contributed by atoms with van der Waals surface area (Å²) < 4.78 is 47.4. The summed E-state index contributed by atoms with van der Waals surface area (Å²) in [6.07, 6.45) is 5.69. The van der Waals surface area contributed by atoms with E-state index in [4.69, 9.17) is 16.3 Å². The molecule has 3 N–H and O–H groups in total. The molecule has 3 aliphatic heterocycles. The number of aryl methyl sites for hydroxylation is 1. The molecule has 1 unspecified atom stereocenters. The standard InChI is InChI=1S/C72H110ClF3N12O13/c1-12-45(2)60-68(98)82(6)43-58(91)80(4)44-59(92)83(7)54(40-47-25-16-13-17-26-47)66(96)81(5)42-56(89)77-52(33-31-48-30-32-50(51(73)39-48)72(74,75)76)65(95)88-38-24-29-53(88)63(93)79-71(34-20-21-35-71)70(100)86(10)62(49-27-18-14-19-28-49)69(99)84(8)55(67(97)87-36-22-15-23-37-87)41-57(90)85(9)61(46(3)101-11)64(94)78-60/h30,32,39,45-47,49,52-55,60-62H,12-29,31,33-38,40-44H2,1-11H3,(H,77,89)(H,78,94)(H,79,93)/t45-,46+,52-,53?,54-,55-,60-,61-,62-/m0/s1. The number of carbonyl (C=O) groups is 12. The summed E-state index contributed by atoms with van der Waals surface area (Å²) in [7, 11) is 11.2. The smallest absolute Gasteiger partial charge is 0.379 e. The topological polar surface area (TPSA) is 279 Å². The maximum Gasteiger partial charge on any atom is 0.417 e. The maximum atomic E-state index is 15.8. The van der Waals surface area contributed by atoms with Crippen LogP contribution in [0.25, 0.3) is 0 Å². The predicted octanol–water partition coefficient (Wildman–Crippen LogP) is 5.41. The number of halogens is 4. The number of piperidine rings is 1. The van der Waals surface area contributed by atoms with Gasteiger partial charge >= 0.3 is 6.18 Å². The van der Waals surface area contributed by atoms with Crippen molar-refractivity contribution in [1.29, 1.82) is 0 Å². The molecule has 101 heavy (non-hydrogen) atoms. The number of carbonyl (C=O) groups excluding carboxylic acids is 12. The minimum atomic E-state index is -4.76. The first kappa shape index (κ1) is 81.2. The molecule has 12 amide bonds. The number of nitrogens with one attached hydrogen (secondary N) is 3. The van der Waals surface area contributed by atoms with Crippen molar-refractivity contribution in [2.45, 2.75) is 235 Å². The molecule has 564 valence electrons. The fraction of sp³-hybridized carbons (Fsp3) is 0.750. The summed E-state index contributed by atoms with van der Waals surface area (Å²) in [4.78, 5) is 191. The quantitative estimate of drug-likeness (QED) is 0.250. The van der Waals surface area contributed by atoms with Crippen LogP contribution in [0, 0.1) is 17.8 Å². The molecule has 1 spiro atoms. The van der Waals surface area contributed by atoms with Crippen LogP contribution in [0.2, 0.25) is 5.02 Å². The minimum absolute atomic E-state index is 0.0128. The Morgan fingerprint density at radius 2 is 1.25 bits per heavy atom. The molecule has 0 bridgehead atoms. The Morgan fingerprint density at radius 1 is 0.644 bits per heavy atom. The van der Waals surface area contributed by atoms with Gasteiger partial charge in [-0.25, -0.2) is 0 Å². The Morgan fingerprint density at radius 3 is 1.85 bits per heavy atom. The zero-order valence-corrected chi connectivity index (χ0v) is 61.9. The third-order valence-corrected chi connectivity index (χ3v) is 22.7. The molecule has 3 saturated carbocycles. The molecule has 7 rings (SSSR count). The number of amides is 12. The molecular formula is C72H110ClF3N12O13. The van der Waals surface area contributed by atoms with Crippen LogP contribution in [0.15, 0.2) is 18.2 Å². The van der Waals surface area contributed by atoms with Gasteiger partial charge in [-0.05, 0) is 119 Å². The van der Waals surface area contributed by atoms with Gasteiger partial charge in [0.1, 0.15) is 47.8 Å². The third-order valence-electron chi connectivity index (χ3n) is 22.4. The number of methoxy groups -OCH3 is 1. The first-order valence-corrected chi connectivity index (χ1v) is 36.8. The highest BCUT2D eigenvalue weighted by atomic mass is 35.5. The Bertz CT molecular complexity index is 3140. The Hall–Kier alpha value is -7.10. The highest BCUT2D eigenvalue weighted by Gasteiger charge is 2.52. The van der Waals surface area contributed by atoms with Crippen molar-refractivity contribution < 1.29 is 75.4 Å². The Kier molecular flexibility index (Phi) is 29.2. The average molecular weight is 1440 g/mol. The molecular weight excluding hydrogens is 1330 g/mol. The molecule has 3 heterocycles. The monoisotopic (exact) mass is 1440 g/mol. The Balaban J connectivity index is 1.29. The second-order valence-electron chi connectivity index (χ2n) is 29.4. The van der Waals surface area contributed by atoms with Crippen LogP contribution in [-0.2, 0) is 74.9 Å². The van der Waals surface area contributed by atoms with Gasteiger partial charge in [-0.15, -0.1) is 0 Å².